The van der Waals surface area contributed by atoms with Gasteiger partial charge in [-0.3, -0.25) is 4.79 Å². The van der Waals surface area contributed by atoms with Crippen molar-refractivity contribution >= 4 is 34.0 Å². The second kappa shape index (κ2) is 9.22. The summed E-state index contributed by atoms with van der Waals surface area (Å²) in [4.78, 5) is 26.0. The van der Waals surface area contributed by atoms with Crippen molar-refractivity contribution in [3.8, 4) is 5.75 Å². The fourth-order valence-corrected chi connectivity index (χ4v) is 4.98. The number of nitrogens with zero attached hydrogens (tertiary/aromatic N) is 3. The number of hydrogen-bond donors (Lipinski definition) is 1. The van der Waals surface area contributed by atoms with E-state index in [9.17, 15) is 4.79 Å². The normalized spacial score (nSPS) is 15.8. The zero-order chi connectivity index (χ0) is 22.0. The number of aryl methyl sites for hydroxylation is 2. The predicted molar refractivity (Wildman–Crippen MR) is 126 cm³/mol. The minimum absolute atomic E-state index is 0.0239. The average Bonchev–Trinajstić information content (AvgIpc) is 3.19. The molecule has 3 heterocycles. The predicted octanol–water partition coefficient (Wildman–Crippen LogP) is 4.66. The molecule has 4 rings (SSSR count). The average molecular weight is 439 g/mol. The largest absolute Gasteiger partial charge is 0.497 e. The minimum Gasteiger partial charge on any atom is -0.497 e. The number of rotatable bonds is 6. The molecule has 3 aromatic rings. The number of nitrogens with one attached hydrogen (secondary N) is 1. The van der Waals surface area contributed by atoms with E-state index in [4.69, 9.17) is 9.72 Å². The molecule has 2 aromatic heterocycles. The summed E-state index contributed by atoms with van der Waals surface area (Å²) in [6.45, 7) is 7.90. The van der Waals surface area contributed by atoms with Crippen molar-refractivity contribution < 1.29 is 9.53 Å². The maximum Gasteiger partial charge on any atom is 0.223 e. The van der Waals surface area contributed by atoms with Crippen LogP contribution in [0.3, 0.4) is 0 Å². The van der Waals surface area contributed by atoms with E-state index in [1.165, 1.54) is 4.88 Å². The Morgan fingerprint density at radius 3 is 2.81 bits per heavy atom. The smallest absolute Gasteiger partial charge is 0.223 e. The van der Waals surface area contributed by atoms with Gasteiger partial charge in [0.2, 0.25) is 5.91 Å². The molecule has 1 saturated heterocycles. The summed E-state index contributed by atoms with van der Waals surface area (Å²) in [6.07, 6.45) is 2.47. The van der Waals surface area contributed by atoms with Crippen molar-refractivity contribution in [1.82, 2.24) is 15.3 Å². The molecule has 1 fully saturated rings. The van der Waals surface area contributed by atoms with E-state index in [-0.39, 0.29) is 17.9 Å². The van der Waals surface area contributed by atoms with Gasteiger partial charge in [0.15, 0.2) is 0 Å². The van der Waals surface area contributed by atoms with Gasteiger partial charge in [-0.2, -0.15) is 0 Å². The number of hydrogen-bond acceptors (Lipinski definition) is 6. The molecular formula is C24H30N4O2S. The van der Waals surface area contributed by atoms with Crippen LogP contribution in [0.1, 0.15) is 49.0 Å². The van der Waals surface area contributed by atoms with Gasteiger partial charge >= 0.3 is 0 Å². The lowest BCUT2D eigenvalue weighted by Gasteiger charge is -2.33. The molecule has 0 radical (unpaired) electrons. The van der Waals surface area contributed by atoms with Crippen LogP contribution in [0.25, 0.3) is 10.9 Å². The fraction of sp³-hybridized carbons (Fsp3) is 0.458. The van der Waals surface area contributed by atoms with Gasteiger partial charge < -0.3 is 15.0 Å². The molecule has 31 heavy (non-hydrogen) atoms. The Hall–Kier alpha value is -2.67. The summed E-state index contributed by atoms with van der Waals surface area (Å²) in [5, 5.41) is 6.47. The van der Waals surface area contributed by atoms with Gasteiger partial charge in [0.05, 0.1) is 24.1 Å². The molecule has 1 aromatic carbocycles. The molecular weight excluding hydrogens is 408 g/mol. The summed E-state index contributed by atoms with van der Waals surface area (Å²) >= 11 is 1.73. The lowest BCUT2D eigenvalue weighted by Crippen LogP contribution is -2.41. The summed E-state index contributed by atoms with van der Waals surface area (Å²) in [5.41, 5.74) is 2.09. The molecule has 0 bridgehead atoms. The zero-order valence-electron chi connectivity index (χ0n) is 18.6. The summed E-state index contributed by atoms with van der Waals surface area (Å²) in [5.74, 6) is 2.87. The molecule has 1 atom stereocenters. The van der Waals surface area contributed by atoms with Crippen LogP contribution < -0.4 is 15.0 Å². The summed E-state index contributed by atoms with van der Waals surface area (Å²) in [7, 11) is 1.66. The zero-order valence-corrected chi connectivity index (χ0v) is 19.5. The van der Waals surface area contributed by atoms with Gasteiger partial charge in [0.25, 0.3) is 0 Å². The van der Waals surface area contributed by atoms with Crippen molar-refractivity contribution in [3.63, 3.8) is 0 Å². The van der Waals surface area contributed by atoms with Crippen molar-refractivity contribution in [3.05, 3.63) is 45.9 Å². The quantitative estimate of drug-likeness (QED) is 0.606. The van der Waals surface area contributed by atoms with Crippen LogP contribution in [0.5, 0.6) is 5.75 Å². The van der Waals surface area contributed by atoms with Gasteiger partial charge in [-0.1, -0.05) is 19.1 Å². The number of benzene rings is 1. The molecule has 7 heteroatoms. The molecule has 1 aliphatic heterocycles. The number of fused-ring (bicyclic) bond motifs is 1. The molecule has 0 spiro atoms. The maximum absolute atomic E-state index is 12.9. The highest BCUT2D eigenvalue weighted by molar-refractivity contribution is 7.11. The number of ether oxygens (including phenoxy) is 1. The second-order valence-electron chi connectivity index (χ2n) is 8.14. The third kappa shape index (κ3) is 4.51. The summed E-state index contributed by atoms with van der Waals surface area (Å²) < 4.78 is 5.30. The maximum atomic E-state index is 12.9. The topological polar surface area (TPSA) is 67.4 Å². The number of methoxy groups -OCH3 is 1. The number of carbonyl (C=O) groups excluding carboxylic acids is 1. The monoisotopic (exact) mass is 438 g/mol. The van der Waals surface area contributed by atoms with Crippen LogP contribution in [0, 0.1) is 12.8 Å². The standard InChI is InChI=1S/C24H30N4O2S/c1-5-21-26-20-14-31-16(3)22(20)23(27-21)28-11-9-17(10-12-28)24(29)25-15(2)18-7-6-8-19(13-18)30-4/h6-8,13-15,17H,5,9-12H2,1-4H3,(H,25,29). The number of thiophene rings is 1. The molecule has 164 valence electrons. The van der Waals surface area contributed by atoms with E-state index in [2.05, 4.69) is 34.4 Å². The highest BCUT2D eigenvalue weighted by Gasteiger charge is 2.28. The Kier molecular flexibility index (Phi) is 6.41. The van der Waals surface area contributed by atoms with Crippen molar-refractivity contribution in [2.24, 2.45) is 5.92 Å². The molecule has 1 amide bonds. The molecule has 1 aliphatic rings. The van der Waals surface area contributed by atoms with E-state index in [1.54, 1.807) is 18.4 Å². The number of amides is 1. The highest BCUT2D eigenvalue weighted by Crippen LogP contribution is 2.34. The highest BCUT2D eigenvalue weighted by atomic mass is 32.1. The molecule has 6 nitrogen and oxygen atoms in total. The van der Waals surface area contributed by atoms with Gasteiger partial charge in [0, 0.05) is 35.7 Å². The Bertz CT molecular complexity index is 1070. The van der Waals surface area contributed by atoms with E-state index in [1.807, 2.05) is 31.2 Å². The van der Waals surface area contributed by atoms with Gasteiger partial charge in [-0.15, -0.1) is 11.3 Å². The minimum atomic E-state index is -0.0531. The lowest BCUT2D eigenvalue weighted by atomic mass is 9.95. The molecule has 0 aliphatic carbocycles. The van der Waals surface area contributed by atoms with Crippen LogP contribution >= 0.6 is 11.3 Å². The van der Waals surface area contributed by atoms with Crippen molar-refractivity contribution in [1.29, 1.82) is 0 Å². The number of piperidine rings is 1. The van der Waals surface area contributed by atoms with E-state index < -0.39 is 0 Å². The van der Waals surface area contributed by atoms with Crippen LogP contribution in [0.4, 0.5) is 5.82 Å². The Morgan fingerprint density at radius 1 is 1.32 bits per heavy atom. The number of carbonyl (C=O) groups is 1. The third-order valence-electron chi connectivity index (χ3n) is 6.10. The van der Waals surface area contributed by atoms with E-state index in [0.717, 1.165) is 66.2 Å². The van der Waals surface area contributed by atoms with Crippen LogP contribution in [-0.2, 0) is 11.2 Å². The van der Waals surface area contributed by atoms with Crippen molar-refractivity contribution in [2.45, 2.75) is 46.1 Å². The Morgan fingerprint density at radius 2 is 2.10 bits per heavy atom. The first-order valence-electron chi connectivity index (χ1n) is 10.9. The van der Waals surface area contributed by atoms with Crippen LogP contribution in [-0.4, -0.2) is 36.1 Å². The first-order valence-corrected chi connectivity index (χ1v) is 11.8. The fourth-order valence-electron chi connectivity index (χ4n) is 4.20. The Balaban J connectivity index is 1.42. The first-order chi connectivity index (χ1) is 15.0. The second-order valence-corrected chi connectivity index (χ2v) is 9.22. The van der Waals surface area contributed by atoms with E-state index in [0.29, 0.717) is 0 Å². The molecule has 0 saturated carbocycles. The SMILES string of the molecule is CCc1nc(N2CCC(C(=O)NC(C)c3cccc(OC)c3)CC2)c2c(C)scc2n1. The lowest BCUT2D eigenvalue weighted by molar-refractivity contribution is -0.126. The van der Waals surface area contributed by atoms with E-state index >= 15 is 0 Å². The summed E-state index contributed by atoms with van der Waals surface area (Å²) in [6, 6.07) is 7.81. The first kappa shape index (κ1) is 21.6. The van der Waals surface area contributed by atoms with Gasteiger partial charge in [0.1, 0.15) is 17.4 Å². The molecule has 1 N–H and O–H groups in total. The Labute approximate surface area is 187 Å². The van der Waals surface area contributed by atoms with Crippen LogP contribution in [0.15, 0.2) is 29.6 Å². The number of aromatic nitrogens is 2. The van der Waals surface area contributed by atoms with Crippen molar-refractivity contribution in [2.75, 3.05) is 25.1 Å². The molecule has 1 unspecified atom stereocenters. The van der Waals surface area contributed by atoms with Gasteiger partial charge in [-0.25, -0.2) is 9.97 Å². The van der Waals surface area contributed by atoms with Crippen LogP contribution in [0.2, 0.25) is 0 Å². The van der Waals surface area contributed by atoms with Gasteiger partial charge in [-0.05, 0) is 44.4 Å². The third-order valence-corrected chi connectivity index (χ3v) is 7.00. The number of anilines is 1.